The Morgan fingerprint density at radius 2 is 1.90 bits per heavy atom. The molecule has 0 bridgehead atoms. The lowest BCUT2D eigenvalue weighted by atomic mass is 9.99. The van der Waals surface area contributed by atoms with Gasteiger partial charge in [-0.3, -0.25) is 4.79 Å². The van der Waals surface area contributed by atoms with Crippen molar-refractivity contribution in [1.29, 1.82) is 5.26 Å². The molecule has 29 heavy (non-hydrogen) atoms. The van der Waals surface area contributed by atoms with Crippen LogP contribution in [0.5, 0.6) is 0 Å². The van der Waals surface area contributed by atoms with Gasteiger partial charge in [0, 0.05) is 0 Å². The van der Waals surface area contributed by atoms with Crippen LogP contribution in [-0.4, -0.2) is 21.9 Å². The summed E-state index contributed by atoms with van der Waals surface area (Å²) in [5.41, 5.74) is 2.97. The fraction of sp³-hybridized carbons (Fsp3) is 0.200. The number of hydrogen-bond donors (Lipinski definition) is 0. The van der Waals surface area contributed by atoms with Gasteiger partial charge >= 0.3 is 12.1 Å². The Labute approximate surface area is 168 Å². The van der Waals surface area contributed by atoms with E-state index in [0.29, 0.717) is 17.0 Å². The van der Waals surface area contributed by atoms with Crippen LogP contribution in [0.15, 0.2) is 53.5 Å². The molecule has 0 aliphatic carbocycles. The van der Waals surface area contributed by atoms with E-state index in [0.717, 1.165) is 28.0 Å². The predicted octanol–water partition coefficient (Wildman–Crippen LogP) is 4.08. The topological polar surface area (TPSA) is 71.0 Å². The Balaban J connectivity index is 1.91. The van der Waals surface area contributed by atoms with Crippen LogP contribution in [-0.2, 0) is 17.8 Å². The van der Waals surface area contributed by atoms with E-state index in [1.54, 1.807) is 24.3 Å². The van der Waals surface area contributed by atoms with Crippen molar-refractivity contribution in [2.24, 2.45) is 4.99 Å². The van der Waals surface area contributed by atoms with Crippen molar-refractivity contribution in [3.63, 3.8) is 0 Å². The lowest BCUT2D eigenvalue weighted by Gasteiger charge is -2.07. The smallest absolute Gasteiger partial charge is 0.262 e. The fourth-order valence-electron chi connectivity index (χ4n) is 2.63. The van der Waals surface area contributed by atoms with Gasteiger partial charge in [0.05, 0.1) is 18.2 Å². The number of amides is 1. The second-order valence-electron chi connectivity index (χ2n) is 6.06. The number of carbonyl (C=O) groups excluding carboxylic acids is 1. The van der Waals surface area contributed by atoms with Crippen LogP contribution in [0, 0.1) is 11.3 Å². The summed E-state index contributed by atoms with van der Waals surface area (Å²) in [6, 6.07) is 16.6. The molecule has 1 amide bonds. The normalized spacial score (nSPS) is 12.0. The third-order valence-corrected chi connectivity index (χ3v) is 5.14. The summed E-state index contributed by atoms with van der Waals surface area (Å²) in [7, 11) is 0. The number of nitrogens with zero attached hydrogens (tertiary/aromatic N) is 4. The molecule has 0 atom stereocenters. The molecule has 0 aliphatic heterocycles. The second kappa shape index (κ2) is 8.41. The van der Waals surface area contributed by atoms with Gasteiger partial charge in [-0.05, 0) is 29.2 Å². The molecule has 148 valence electrons. The summed E-state index contributed by atoms with van der Waals surface area (Å²) in [6.07, 6.45) is -4.51. The number of alkyl halides is 3. The number of carbonyl (C=O) groups is 1. The van der Waals surface area contributed by atoms with Gasteiger partial charge in [-0.2, -0.15) is 28.5 Å². The predicted molar refractivity (Wildman–Crippen MR) is 102 cm³/mol. The molecule has 1 heterocycles. The van der Waals surface area contributed by atoms with Crippen LogP contribution in [0.3, 0.4) is 0 Å². The van der Waals surface area contributed by atoms with Crippen LogP contribution < -0.4 is 4.80 Å². The molecule has 1 aromatic heterocycles. The summed E-state index contributed by atoms with van der Waals surface area (Å²) in [6.45, 7) is 1.99. The summed E-state index contributed by atoms with van der Waals surface area (Å²) in [5.74, 6) is -2.15. The third-order valence-electron chi connectivity index (χ3n) is 4.05. The quantitative estimate of drug-likeness (QED) is 0.643. The van der Waals surface area contributed by atoms with Crippen LogP contribution >= 0.6 is 11.3 Å². The lowest BCUT2D eigenvalue weighted by molar-refractivity contribution is -0.169. The minimum atomic E-state index is -5.02. The van der Waals surface area contributed by atoms with Gasteiger partial charge in [0.15, 0.2) is 0 Å². The van der Waals surface area contributed by atoms with E-state index < -0.39 is 12.1 Å². The maximum Gasteiger partial charge on any atom is 0.473 e. The number of benzene rings is 2. The first-order valence-electron chi connectivity index (χ1n) is 8.63. The summed E-state index contributed by atoms with van der Waals surface area (Å²) < 4.78 is 39.0. The highest BCUT2D eigenvalue weighted by Gasteiger charge is 2.38. The Morgan fingerprint density at radius 3 is 2.52 bits per heavy atom. The molecule has 0 fully saturated rings. The first-order chi connectivity index (χ1) is 13.8. The average Bonchev–Trinajstić information content (AvgIpc) is 3.09. The molecule has 9 heteroatoms. The number of rotatable bonds is 4. The van der Waals surface area contributed by atoms with Crippen molar-refractivity contribution in [2.45, 2.75) is 26.1 Å². The molecule has 0 spiro atoms. The monoisotopic (exact) mass is 416 g/mol. The maximum atomic E-state index is 12.6. The summed E-state index contributed by atoms with van der Waals surface area (Å²) in [4.78, 5) is 14.4. The minimum Gasteiger partial charge on any atom is -0.262 e. The van der Waals surface area contributed by atoms with E-state index in [-0.39, 0.29) is 11.3 Å². The van der Waals surface area contributed by atoms with E-state index in [9.17, 15) is 23.2 Å². The van der Waals surface area contributed by atoms with Gasteiger partial charge in [0.1, 0.15) is 5.01 Å². The van der Waals surface area contributed by atoms with Gasteiger partial charge in [0.25, 0.3) is 0 Å². The Kier molecular flexibility index (Phi) is 5.94. The van der Waals surface area contributed by atoms with Gasteiger partial charge in [0.2, 0.25) is 4.80 Å². The highest BCUT2D eigenvalue weighted by Crippen LogP contribution is 2.23. The van der Waals surface area contributed by atoms with Gasteiger partial charge in [-0.15, -0.1) is 0 Å². The minimum absolute atomic E-state index is 0.0944. The Bertz CT molecular complexity index is 1140. The second-order valence-corrected chi connectivity index (χ2v) is 7.10. The fourth-order valence-corrected chi connectivity index (χ4v) is 3.46. The molecule has 0 N–H and O–H groups in total. The van der Waals surface area contributed by atoms with E-state index in [2.05, 4.69) is 16.2 Å². The standard InChI is InChI=1S/C20H15F3N4OS/c1-2-17-26-27(19(29-17)25-18(28)20(21,22)23)12-13-7-9-14(10-8-13)16-6-4-3-5-15(16)11-24/h3-10H,2,12H2,1H3. The number of nitriles is 1. The summed E-state index contributed by atoms with van der Waals surface area (Å²) >= 11 is 0.956. The van der Waals surface area contributed by atoms with Crippen LogP contribution in [0.1, 0.15) is 23.1 Å². The highest BCUT2D eigenvalue weighted by molar-refractivity contribution is 7.08. The molecule has 0 unspecified atom stereocenters. The van der Waals surface area contributed by atoms with Gasteiger partial charge < -0.3 is 0 Å². The first-order valence-corrected chi connectivity index (χ1v) is 9.44. The van der Waals surface area contributed by atoms with Crippen LogP contribution in [0.2, 0.25) is 0 Å². The highest BCUT2D eigenvalue weighted by atomic mass is 32.1. The molecule has 0 saturated carbocycles. The number of aromatic nitrogens is 2. The molecular weight excluding hydrogens is 401 g/mol. The molecule has 3 aromatic rings. The van der Waals surface area contributed by atoms with Crippen LogP contribution in [0.25, 0.3) is 11.1 Å². The lowest BCUT2D eigenvalue weighted by Crippen LogP contribution is -2.26. The van der Waals surface area contributed by atoms with Gasteiger partial charge in [-0.1, -0.05) is 60.7 Å². The third kappa shape index (κ3) is 4.78. The zero-order chi connectivity index (χ0) is 21.0. The number of aryl methyl sites for hydroxylation is 1. The molecule has 0 saturated heterocycles. The average molecular weight is 416 g/mol. The van der Waals surface area contributed by atoms with E-state index in [1.165, 1.54) is 4.68 Å². The van der Waals surface area contributed by atoms with Crippen molar-refractivity contribution in [3.05, 3.63) is 69.5 Å². The molecule has 3 rings (SSSR count). The molecular formula is C20H15F3N4OS. The zero-order valence-electron chi connectivity index (χ0n) is 15.3. The van der Waals surface area contributed by atoms with Crippen molar-refractivity contribution in [3.8, 4) is 17.2 Å². The SMILES string of the molecule is CCc1nn(Cc2ccc(-c3ccccc3C#N)cc2)c(=NC(=O)C(F)(F)F)s1. The van der Waals surface area contributed by atoms with E-state index >= 15 is 0 Å². The molecule has 5 nitrogen and oxygen atoms in total. The van der Waals surface area contributed by atoms with Crippen molar-refractivity contribution >= 4 is 17.2 Å². The maximum absolute atomic E-state index is 12.6. The van der Waals surface area contributed by atoms with Crippen molar-refractivity contribution < 1.29 is 18.0 Å². The van der Waals surface area contributed by atoms with Crippen molar-refractivity contribution in [2.75, 3.05) is 0 Å². The molecule has 0 aliphatic rings. The van der Waals surface area contributed by atoms with E-state index in [1.807, 2.05) is 31.2 Å². The largest absolute Gasteiger partial charge is 0.473 e. The van der Waals surface area contributed by atoms with Gasteiger partial charge in [-0.25, -0.2) is 4.68 Å². The zero-order valence-corrected chi connectivity index (χ0v) is 16.1. The van der Waals surface area contributed by atoms with Crippen LogP contribution in [0.4, 0.5) is 13.2 Å². The molecule has 2 aromatic carbocycles. The summed E-state index contributed by atoms with van der Waals surface area (Å²) in [5, 5.41) is 14.1. The van der Waals surface area contributed by atoms with Crippen molar-refractivity contribution in [1.82, 2.24) is 9.78 Å². The number of hydrogen-bond acceptors (Lipinski definition) is 4. The Morgan fingerprint density at radius 1 is 1.21 bits per heavy atom. The first kappa shape index (κ1) is 20.5. The van der Waals surface area contributed by atoms with E-state index in [4.69, 9.17) is 0 Å². The Hall–Kier alpha value is -3.25. The molecule has 0 radical (unpaired) electrons. The number of halogens is 3.